The van der Waals surface area contributed by atoms with Gasteiger partial charge in [-0.2, -0.15) is 4.98 Å². The zero-order valence-electron chi connectivity index (χ0n) is 13.4. The van der Waals surface area contributed by atoms with E-state index in [1.165, 1.54) is 25.7 Å². The Morgan fingerprint density at radius 1 is 1.35 bits per heavy atom. The van der Waals surface area contributed by atoms with E-state index >= 15 is 0 Å². The molecule has 0 amide bonds. The van der Waals surface area contributed by atoms with E-state index in [2.05, 4.69) is 43.0 Å². The summed E-state index contributed by atoms with van der Waals surface area (Å²) in [5.74, 6) is 1.54. The summed E-state index contributed by atoms with van der Waals surface area (Å²) in [6.07, 6.45) is 6.92. The third kappa shape index (κ3) is 4.23. The van der Waals surface area contributed by atoms with E-state index in [1.54, 1.807) is 6.26 Å². The van der Waals surface area contributed by atoms with Crippen LogP contribution >= 0.6 is 0 Å². The van der Waals surface area contributed by atoms with Crippen molar-refractivity contribution in [3.63, 3.8) is 0 Å². The molecular weight excluding hydrogens is 250 g/mol. The van der Waals surface area contributed by atoms with Crippen molar-refractivity contribution in [1.29, 1.82) is 0 Å². The molecule has 114 valence electrons. The zero-order valence-corrected chi connectivity index (χ0v) is 13.4. The monoisotopic (exact) mass is 279 g/mol. The van der Waals surface area contributed by atoms with Gasteiger partial charge in [0.15, 0.2) is 0 Å². The molecule has 1 aliphatic rings. The predicted molar refractivity (Wildman–Crippen MR) is 82.9 cm³/mol. The van der Waals surface area contributed by atoms with Gasteiger partial charge in [-0.05, 0) is 44.1 Å². The van der Waals surface area contributed by atoms with Crippen molar-refractivity contribution in [2.24, 2.45) is 11.8 Å². The lowest BCUT2D eigenvalue weighted by atomic mass is 9.87. The van der Waals surface area contributed by atoms with Crippen molar-refractivity contribution in [3.8, 4) is 0 Å². The lowest BCUT2D eigenvalue weighted by molar-refractivity contribution is 0.332. The van der Waals surface area contributed by atoms with Gasteiger partial charge in [0.25, 0.3) is 6.01 Å². The highest BCUT2D eigenvalue weighted by Gasteiger charge is 2.24. The highest BCUT2D eigenvalue weighted by atomic mass is 16.4. The lowest BCUT2D eigenvalue weighted by Gasteiger charge is -2.32. The summed E-state index contributed by atoms with van der Waals surface area (Å²) >= 11 is 0. The fraction of sp³-hybridized carbons (Fsp3) is 0.812. The first-order chi connectivity index (χ1) is 9.56. The molecule has 20 heavy (non-hydrogen) atoms. The topological polar surface area (TPSA) is 41.3 Å². The smallest absolute Gasteiger partial charge is 0.297 e. The van der Waals surface area contributed by atoms with E-state index in [0.717, 1.165) is 30.7 Å². The van der Waals surface area contributed by atoms with Gasteiger partial charge >= 0.3 is 0 Å². The normalized spacial score (nSPS) is 23.2. The number of anilines is 1. The molecule has 1 aliphatic carbocycles. The van der Waals surface area contributed by atoms with Crippen molar-refractivity contribution in [2.45, 2.75) is 59.0 Å². The molecule has 1 aromatic heterocycles. The number of hydrogen-bond acceptors (Lipinski definition) is 4. The van der Waals surface area contributed by atoms with Crippen molar-refractivity contribution >= 4 is 6.01 Å². The minimum absolute atomic E-state index is 0.585. The van der Waals surface area contributed by atoms with Gasteiger partial charge in [0.05, 0.1) is 5.69 Å². The second-order valence-electron chi connectivity index (χ2n) is 6.67. The fourth-order valence-electron chi connectivity index (χ4n) is 2.81. The highest BCUT2D eigenvalue weighted by molar-refractivity contribution is 5.27. The third-order valence-corrected chi connectivity index (χ3v) is 4.23. The van der Waals surface area contributed by atoms with Crippen LogP contribution < -0.4 is 10.2 Å². The van der Waals surface area contributed by atoms with E-state index < -0.39 is 0 Å². The summed E-state index contributed by atoms with van der Waals surface area (Å²) < 4.78 is 5.64. The predicted octanol–water partition coefficient (Wildman–Crippen LogP) is 3.44. The maximum Gasteiger partial charge on any atom is 0.297 e. The van der Waals surface area contributed by atoms with Gasteiger partial charge in [0, 0.05) is 19.6 Å². The van der Waals surface area contributed by atoms with Crippen LogP contribution in [0.15, 0.2) is 10.7 Å². The van der Waals surface area contributed by atoms with Gasteiger partial charge in [0.2, 0.25) is 0 Å². The maximum absolute atomic E-state index is 5.64. The van der Waals surface area contributed by atoms with Crippen LogP contribution in [-0.4, -0.2) is 24.6 Å². The van der Waals surface area contributed by atoms with Crippen LogP contribution in [0.1, 0.15) is 52.1 Å². The standard InChI is InChI=1S/C16H29N3O/c1-12(2)9-17-10-14-11-20-16(18-14)19(4)15-7-5-13(3)6-8-15/h11-13,15,17H,5-10H2,1-4H3. The molecule has 2 rings (SSSR count). The largest absolute Gasteiger partial charge is 0.432 e. The minimum atomic E-state index is 0.585. The summed E-state index contributed by atoms with van der Waals surface area (Å²) in [5, 5.41) is 3.40. The van der Waals surface area contributed by atoms with E-state index in [0.29, 0.717) is 12.0 Å². The Balaban J connectivity index is 1.84. The first-order valence-corrected chi connectivity index (χ1v) is 7.94. The molecule has 4 heteroatoms. The van der Waals surface area contributed by atoms with Gasteiger partial charge in [-0.3, -0.25) is 0 Å². The Morgan fingerprint density at radius 3 is 2.70 bits per heavy atom. The molecule has 1 N–H and O–H groups in total. The van der Waals surface area contributed by atoms with Crippen LogP contribution in [0, 0.1) is 11.8 Å². The molecule has 0 aliphatic heterocycles. The molecular formula is C16H29N3O. The maximum atomic E-state index is 5.64. The van der Waals surface area contributed by atoms with Gasteiger partial charge in [-0.15, -0.1) is 0 Å². The van der Waals surface area contributed by atoms with E-state index in [-0.39, 0.29) is 0 Å². The van der Waals surface area contributed by atoms with Crippen LogP contribution in [0.25, 0.3) is 0 Å². The Bertz CT molecular complexity index is 394. The van der Waals surface area contributed by atoms with Crippen LogP contribution in [0.5, 0.6) is 0 Å². The summed E-state index contributed by atoms with van der Waals surface area (Å²) in [5.41, 5.74) is 0.997. The summed E-state index contributed by atoms with van der Waals surface area (Å²) in [7, 11) is 2.11. The lowest BCUT2D eigenvalue weighted by Crippen LogP contribution is -2.35. The molecule has 0 radical (unpaired) electrons. The number of nitrogens with zero attached hydrogens (tertiary/aromatic N) is 2. The van der Waals surface area contributed by atoms with E-state index in [1.807, 2.05) is 0 Å². The van der Waals surface area contributed by atoms with E-state index in [4.69, 9.17) is 4.42 Å². The van der Waals surface area contributed by atoms with Crippen LogP contribution in [-0.2, 0) is 6.54 Å². The quantitative estimate of drug-likeness (QED) is 0.866. The summed E-state index contributed by atoms with van der Waals surface area (Å²) in [6, 6.07) is 1.35. The molecule has 0 aromatic carbocycles. The molecule has 0 bridgehead atoms. The number of aromatic nitrogens is 1. The average Bonchev–Trinajstić information content (AvgIpc) is 2.87. The molecule has 4 nitrogen and oxygen atoms in total. The third-order valence-electron chi connectivity index (χ3n) is 4.23. The second-order valence-corrected chi connectivity index (χ2v) is 6.67. The molecule has 0 atom stereocenters. The number of rotatable bonds is 6. The zero-order chi connectivity index (χ0) is 14.5. The Morgan fingerprint density at radius 2 is 2.05 bits per heavy atom. The Labute approximate surface area is 122 Å². The Hall–Kier alpha value is -1.03. The summed E-state index contributed by atoms with van der Waals surface area (Å²) in [6.45, 7) is 8.56. The molecule has 1 heterocycles. The van der Waals surface area contributed by atoms with Gasteiger partial charge in [-0.1, -0.05) is 20.8 Å². The molecule has 1 aromatic rings. The Kier molecular flexibility index (Phi) is 5.46. The fourth-order valence-corrected chi connectivity index (χ4v) is 2.81. The number of nitrogens with one attached hydrogen (secondary N) is 1. The molecule has 0 saturated heterocycles. The average molecular weight is 279 g/mol. The van der Waals surface area contributed by atoms with Gasteiger partial charge < -0.3 is 14.6 Å². The molecule has 1 saturated carbocycles. The molecule has 1 fully saturated rings. The summed E-state index contributed by atoms with van der Waals surface area (Å²) in [4.78, 5) is 6.82. The van der Waals surface area contributed by atoms with Gasteiger partial charge in [-0.25, -0.2) is 0 Å². The number of oxazole rings is 1. The van der Waals surface area contributed by atoms with Crippen molar-refractivity contribution < 1.29 is 4.42 Å². The minimum Gasteiger partial charge on any atom is -0.432 e. The first kappa shape index (κ1) is 15.4. The number of hydrogen-bond donors (Lipinski definition) is 1. The SMILES string of the molecule is CC(C)CNCc1coc(N(C)C2CCC(C)CC2)n1. The second kappa shape index (κ2) is 7.11. The van der Waals surface area contributed by atoms with Crippen LogP contribution in [0.2, 0.25) is 0 Å². The highest BCUT2D eigenvalue weighted by Crippen LogP contribution is 2.28. The van der Waals surface area contributed by atoms with Crippen LogP contribution in [0.3, 0.4) is 0 Å². The van der Waals surface area contributed by atoms with Crippen molar-refractivity contribution in [3.05, 3.63) is 12.0 Å². The molecule has 0 spiro atoms. The first-order valence-electron chi connectivity index (χ1n) is 7.94. The van der Waals surface area contributed by atoms with Crippen molar-refractivity contribution in [2.75, 3.05) is 18.5 Å². The van der Waals surface area contributed by atoms with Gasteiger partial charge in [0.1, 0.15) is 6.26 Å². The van der Waals surface area contributed by atoms with Crippen LogP contribution in [0.4, 0.5) is 6.01 Å². The van der Waals surface area contributed by atoms with E-state index in [9.17, 15) is 0 Å². The molecule has 0 unspecified atom stereocenters. The van der Waals surface area contributed by atoms with Crippen molar-refractivity contribution in [1.82, 2.24) is 10.3 Å².